The Morgan fingerprint density at radius 3 is 2.21 bits per heavy atom. The lowest BCUT2D eigenvalue weighted by molar-refractivity contribution is 0.0689. The van der Waals surface area contributed by atoms with Crippen molar-refractivity contribution in [2.75, 3.05) is 0 Å². The van der Waals surface area contributed by atoms with Crippen LogP contribution in [0.5, 0.6) is 5.88 Å². The predicted octanol–water partition coefficient (Wildman–Crippen LogP) is 1.69. The van der Waals surface area contributed by atoms with E-state index in [9.17, 15) is 4.79 Å². The first-order valence-corrected chi connectivity index (χ1v) is 4.36. The molecule has 0 saturated heterocycles. The van der Waals surface area contributed by atoms with E-state index in [4.69, 9.17) is 10.2 Å². The Labute approximate surface area is 82.5 Å². The summed E-state index contributed by atoms with van der Waals surface area (Å²) in [5.74, 6) is -1.52. The Hall–Kier alpha value is -1.65. The van der Waals surface area contributed by atoms with E-state index in [1.165, 1.54) is 12.8 Å². The van der Waals surface area contributed by atoms with Crippen molar-refractivity contribution in [3.63, 3.8) is 0 Å². The summed E-state index contributed by atoms with van der Waals surface area (Å²) in [6, 6.07) is 0.975. The fraction of sp³-hybridized carbons (Fsp3) is 0.444. The zero-order chi connectivity index (χ0) is 11.0. The van der Waals surface area contributed by atoms with Gasteiger partial charge in [-0.3, -0.25) is 0 Å². The van der Waals surface area contributed by atoms with Gasteiger partial charge in [0.25, 0.3) is 0 Å². The molecule has 1 heterocycles. The molecule has 0 spiro atoms. The molecule has 0 unspecified atom stereocenters. The van der Waals surface area contributed by atoms with E-state index < -0.39 is 5.97 Å². The van der Waals surface area contributed by atoms with Gasteiger partial charge in [-0.05, 0) is 0 Å². The summed E-state index contributed by atoms with van der Waals surface area (Å²) in [5, 5.41) is 17.0. The molecule has 2 N–H and O–H groups in total. The average molecular weight is 198 g/mol. The number of carboxylic acid groups (broad SMARTS) is 1. The molecule has 0 aromatic carbocycles. The molecule has 0 radical (unpaired) electrons. The molecule has 0 atom stereocenters. The Bertz CT molecular complexity index is 287. The van der Waals surface area contributed by atoms with Crippen molar-refractivity contribution >= 4 is 5.97 Å². The highest BCUT2D eigenvalue weighted by Gasteiger charge is 2.03. The second kappa shape index (κ2) is 6.82. The largest absolute Gasteiger partial charge is 0.493 e. The van der Waals surface area contributed by atoms with Crippen LogP contribution in [0.2, 0.25) is 0 Å². The van der Waals surface area contributed by atoms with Crippen molar-refractivity contribution in [2.24, 2.45) is 0 Å². The molecule has 0 bridgehead atoms. The van der Waals surface area contributed by atoms with Gasteiger partial charge < -0.3 is 10.2 Å². The molecule has 1 rings (SSSR count). The summed E-state index contributed by atoms with van der Waals surface area (Å²) in [6.07, 6.45) is 3.62. The second-order valence-electron chi connectivity index (χ2n) is 2.57. The fourth-order valence-electron chi connectivity index (χ4n) is 0.464. The van der Waals surface area contributed by atoms with Gasteiger partial charge in [0.15, 0.2) is 5.69 Å². The Morgan fingerprint density at radius 1 is 1.36 bits per heavy atom. The first kappa shape index (κ1) is 12.3. The molecule has 5 nitrogen and oxygen atoms in total. The SMILES string of the molecule is CCCC.O=C(O)c1cc(O)ncn1. The van der Waals surface area contributed by atoms with Crippen molar-refractivity contribution < 1.29 is 15.0 Å². The van der Waals surface area contributed by atoms with E-state index in [0.29, 0.717) is 0 Å². The van der Waals surface area contributed by atoms with Crippen LogP contribution >= 0.6 is 0 Å². The van der Waals surface area contributed by atoms with Crippen LogP contribution < -0.4 is 0 Å². The lowest BCUT2D eigenvalue weighted by atomic mass is 10.4. The number of hydrogen-bond acceptors (Lipinski definition) is 4. The topological polar surface area (TPSA) is 83.3 Å². The molecule has 0 aliphatic carbocycles. The highest BCUT2D eigenvalue weighted by Crippen LogP contribution is 2.02. The third kappa shape index (κ3) is 5.08. The predicted molar refractivity (Wildman–Crippen MR) is 51.2 cm³/mol. The Kier molecular flexibility index (Phi) is 6.02. The summed E-state index contributed by atoms with van der Waals surface area (Å²) in [7, 11) is 0. The highest BCUT2D eigenvalue weighted by molar-refractivity contribution is 5.85. The van der Waals surface area contributed by atoms with Crippen LogP contribution in [0.15, 0.2) is 12.4 Å². The summed E-state index contributed by atoms with van der Waals surface area (Å²) in [6.45, 7) is 4.36. The maximum Gasteiger partial charge on any atom is 0.354 e. The van der Waals surface area contributed by atoms with Gasteiger partial charge in [0.2, 0.25) is 5.88 Å². The third-order valence-electron chi connectivity index (χ3n) is 1.37. The van der Waals surface area contributed by atoms with E-state index in [2.05, 4.69) is 23.8 Å². The molecule has 5 heteroatoms. The van der Waals surface area contributed by atoms with E-state index in [1.54, 1.807) is 0 Å². The third-order valence-corrected chi connectivity index (χ3v) is 1.37. The minimum atomic E-state index is -1.18. The molecular weight excluding hydrogens is 184 g/mol. The van der Waals surface area contributed by atoms with Crippen molar-refractivity contribution in [1.29, 1.82) is 0 Å². The van der Waals surface area contributed by atoms with Gasteiger partial charge in [-0.1, -0.05) is 26.7 Å². The van der Waals surface area contributed by atoms with Crippen molar-refractivity contribution in [2.45, 2.75) is 26.7 Å². The summed E-state index contributed by atoms with van der Waals surface area (Å²) in [5.41, 5.74) is -0.215. The maximum atomic E-state index is 10.2. The van der Waals surface area contributed by atoms with Gasteiger partial charge in [-0.15, -0.1) is 0 Å². The Morgan fingerprint density at radius 2 is 1.93 bits per heavy atom. The second-order valence-corrected chi connectivity index (χ2v) is 2.57. The normalized spacial score (nSPS) is 8.71. The fourth-order valence-corrected chi connectivity index (χ4v) is 0.464. The number of aromatic carboxylic acids is 1. The summed E-state index contributed by atoms with van der Waals surface area (Å²) < 4.78 is 0. The van der Waals surface area contributed by atoms with E-state index in [-0.39, 0.29) is 11.6 Å². The van der Waals surface area contributed by atoms with Crippen LogP contribution in [0, 0.1) is 0 Å². The van der Waals surface area contributed by atoms with Gasteiger partial charge in [0, 0.05) is 6.07 Å². The molecule has 0 amide bonds. The number of carboxylic acids is 1. The minimum Gasteiger partial charge on any atom is -0.493 e. The first-order chi connectivity index (χ1) is 6.61. The number of unbranched alkanes of at least 4 members (excludes halogenated alkanes) is 1. The smallest absolute Gasteiger partial charge is 0.354 e. The number of carbonyl (C=O) groups is 1. The van der Waals surface area contributed by atoms with Gasteiger partial charge in [-0.25, -0.2) is 14.8 Å². The van der Waals surface area contributed by atoms with Gasteiger partial charge in [0.1, 0.15) is 6.33 Å². The van der Waals surface area contributed by atoms with Crippen LogP contribution in [0.25, 0.3) is 0 Å². The zero-order valence-electron chi connectivity index (χ0n) is 8.27. The number of aromatic nitrogens is 2. The highest BCUT2D eigenvalue weighted by atomic mass is 16.4. The van der Waals surface area contributed by atoms with Crippen LogP contribution in [-0.2, 0) is 0 Å². The minimum absolute atomic E-state index is 0.215. The molecule has 14 heavy (non-hydrogen) atoms. The molecule has 0 saturated carbocycles. The molecule has 0 fully saturated rings. The number of hydrogen-bond donors (Lipinski definition) is 2. The van der Waals surface area contributed by atoms with Crippen LogP contribution in [-0.4, -0.2) is 26.2 Å². The Balaban J connectivity index is 0.000000364. The maximum absolute atomic E-state index is 10.2. The lowest BCUT2D eigenvalue weighted by Gasteiger charge is -1.90. The standard InChI is InChI=1S/C5H4N2O3.C4H10/c8-4-1-3(5(9)10)6-2-7-4;1-3-4-2/h1-2H,(H,9,10)(H,6,7,8);3-4H2,1-2H3. The number of rotatable bonds is 2. The number of nitrogens with zero attached hydrogens (tertiary/aromatic N) is 2. The summed E-state index contributed by atoms with van der Waals surface area (Å²) >= 11 is 0. The molecule has 1 aromatic rings. The van der Waals surface area contributed by atoms with E-state index >= 15 is 0 Å². The van der Waals surface area contributed by atoms with Crippen molar-refractivity contribution in [3.05, 3.63) is 18.1 Å². The lowest BCUT2D eigenvalue weighted by Crippen LogP contribution is -1.99. The average Bonchev–Trinajstić information content (AvgIpc) is 2.18. The van der Waals surface area contributed by atoms with E-state index in [0.717, 1.165) is 12.4 Å². The summed E-state index contributed by atoms with van der Waals surface area (Å²) in [4.78, 5) is 16.8. The van der Waals surface area contributed by atoms with Crippen LogP contribution in [0.1, 0.15) is 37.2 Å². The number of aromatic hydroxyl groups is 1. The van der Waals surface area contributed by atoms with E-state index in [1.807, 2.05) is 0 Å². The van der Waals surface area contributed by atoms with Crippen molar-refractivity contribution in [3.8, 4) is 5.88 Å². The van der Waals surface area contributed by atoms with Gasteiger partial charge in [0.05, 0.1) is 0 Å². The molecule has 0 aliphatic heterocycles. The quantitative estimate of drug-likeness (QED) is 0.755. The van der Waals surface area contributed by atoms with Gasteiger partial charge in [-0.2, -0.15) is 0 Å². The van der Waals surface area contributed by atoms with Crippen molar-refractivity contribution in [1.82, 2.24) is 9.97 Å². The van der Waals surface area contributed by atoms with Crippen LogP contribution in [0.4, 0.5) is 0 Å². The molecule has 78 valence electrons. The van der Waals surface area contributed by atoms with Gasteiger partial charge >= 0.3 is 5.97 Å². The molecule has 0 aliphatic rings. The first-order valence-electron chi connectivity index (χ1n) is 4.36. The monoisotopic (exact) mass is 198 g/mol. The van der Waals surface area contributed by atoms with Crippen LogP contribution in [0.3, 0.4) is 0 Å². The molecule has 1 aromatic heterocycles. The molecular formula is C9H14N2O3. The zero-order valence-corrected chi connectivity index (χ0v) is 8.27.